The summed E-state index contributed by atoms with van der Waals surface area (Å²) in [4.78, 5) is 3.18. The van der Waals surface area contributed by atoms with E-state index in [2.05, 4.69) is 47.5 Å². The number of hydrogen-bond donors (Lipinski definition) is 0. The van der Waals surface area contributed by atoms with E-state index in [9.17, 15) is 0 Å². The van der Waals surface area contributed by atoms with Crippen LogP contribution in [0.25, 0.3) is 5.57 Å². The third-order valence-corrected chi connectivity index (χ3v) is 4.18. The topological polar surface area (TPSA) is 12.5 Å². The molecule has 22 heavy (non-hydrogen) atoms. The van der Waals surface area contributed by atoms with E-state index in [1.54, 1.807) is 0 Å². The van der Waals surface area contributed by atoms with E-state index in [1.165, 1.54) is 0 Å². The fourth-order valence-electron chi connectivity index (χ4n) is 2.52. The van der Waals surface area contributed by atoms with Gasteiger partial charge < -0.3 is 9.64 Å². The minimum absolute atomic E-state index is 0.774. The Balaban J connectivity index is 1.96. The van der Waals surface area contributed by atoms with Crippen LogP contribution >= 0.6 is 12.2 Å². The van der Waals surface area contributed by atoms with Crippen molar-refractivity contribution < 1.29 is 4.74 Å². The van der Waals surface area contributed by atoms with Gasteiger partial charge in [0.1, 0.15) is 0 Å². The molecule has 0 atom stereocenters. The lowest BCUT2D eigenvalue weighted by molar-refractivity contribution is 0.0597. The van der Waals surface area contributed by atoms with E-state index >= 15 is 0 Å². The van der Waals surface area contributed by atoms with Crippen LogP contribution in [-0.4, -0.2) is 36.1 Å². The second-order valence-electron chi connectivity index (χ2n) is 5.25. The minimum Gasteiger partial charge on any atom is -0.378 e. The molecule has 3 heteroatoms. The highest BCUT2D eigenvalue weighted by Gasteiger charge is 2.14. The lowest BCUT2D eigenvalue weighted by atomic mass is 9.98. The largest absolute Gasteiger partial charge is 0.378 e. The summed E-state index contributed by atoms with van der Waals surface area (Å²) in [5.74, 6) is 0. The first-order valence-electron chi connectivity index (χ1n) is 7.53. The van der Waals surface area contributed by atoms with Crippen molar-refractivity contribution in [2.45, 2.75) is 0 Å². The molecule has 0 saturated carbocycles. The number of benzene rings is 2. The zero-order valence-corrected chi connectivity index (χ0v) is 13.3. The van der Waals surface area contributed by atoms with E-state index < -0.39 is 0 Å². The third-order valence-electron chi connectivity index (χ3n) is 3.72. The molecule has 0 spiro atoms. The smallest absolute Gasteiger partial charge is 0.0642 e. The highest BCUT2D eigenvalue weighted by atomic mass is 32.1. The van der Waals surface area contributed by atoms with Crippen LogP contribution in [0, 0.1) is 0 Å². The van der Waals surface area contributed by atoms with Gasteiger partial charge in [0.15, 0.2) is 0 Å². The number of ether oxygens (including phenoxy) is 1. The molecule has 2 aromatic rings. The highest BCUT2D eigenvalue weighted by Crippen LogP contribution is 2.22. The van der Waals surface area contributed by atoms with Gasteiger partial charge in [0.05, 0.1) is 18.1 Å². The molecule has 0 aliphatic carbocycles. The molecule has 1 saturated heterocycles. The van der Waals surface area contributed by atoms with Crippen LogP contribution in [-0.2, 0) is 4.74 Å². The Labute approximate surface area is 137 Å². The van der Waals surface area contributed by atoms with Crippen LogP contribution in [0.3, 0.4) is 0 Å². The Kier molecular flexibility index (Phi) is 4.99. The summed E-state index contributed by atoms with van der Waals surface area (Å²) in [7, 11) is 0. The molecular weight excluding hydrogens is 290 g/mol. The summed E-state index contributed by atoms with van der Waals surface area (Å²) in [5.41, 5.74) is 3.34. The number of thiocarbonyl (C=S) groups is 1. The Morgan fingerprint density at radius 2 is 1.41 bits per heavy atom. The van der Waals surface area contributed by atoms with Crippen LogP contribution in [0.1, 0.15) is 11.1 Å². The molecule has 0 bridgehead atoms. The van der Waals surface area contributed by atoms with Gasteiger partial charge in [0.25, 0.3) is 0 Å². The van der Waals surface area contributed by atoms with Gasteiger partial charge in [-0.25, -0.2) is 0 Å². The fraction of sp³-hybridized carbons (Fsp3) is 0.211. The quantitative estimate of drug-likeness (QED) is 0.484. The van der Waals surface area contributed by atoms with E-state index in [-0.39, 0.29) is 0 Å². The summed E-state index contributed by atoms with van der Waals surface area (Å²) >= 11 is 5.77. The summed E-state index contributed by atoms with van der Waals surface area (Å²) in [5, 5.41) is 0. The van der Waals surface area contributed by atoms with Gasteiger partial charge in [-0.15, -0.1) is 0 Å². The molecule has 0 aromatic heterocycles. The standard InChI is InChI=1S/C19H19NOS/c22-19(17-9-5-2-6-10-17)18(16-7-3-1-4-8-16)15-20-11-13-21-14-12-20/h1-10,15H,11-14H2. The molecule has 2 aromatic carbocycles. The maximum absolute atomic E-state index is 5.77. The molecule has 0 amide bonds. The molecule has 1 fully saturated rings. The van der Waals surface area contributed by atoms with Crippen molar-refractivity contribution in [2.24, 2.45) is 0 Å². The first-order chi connectivity index (χ1) is 10.8. The zero-order chi connectivity index (χ0) is 15.2. The van der Waals surface area contributed by atoms with E-state index in [1.807, 2.05) is 24.3 Å². The summed E-state index contributed by atoms with van der Waals surface area (Å²) in [6.45, 7) is 3.37. The van der Waals surface area contributed by atoms with E-state index in [0.29, 0.717) is 0 Å². The molecule has 112 valence electrons. The van der Waals surface area contributed by atoms with Crippen LogP contribution in [0.15, 0.2) is 66.9 Å². The van der Waals surface area contributed by atoms with Gasteiger partial charge in [-0.05, 0) is 11.1 Å². The number of hydrogen-bond acceptors (Lipinski definition) is 3. The first kappa shape index (κ1) is 14.9. The predicted octanol–water partition coefficient (Wildman–Crippen LogP) is 3.78. The van der Waals surface area contributed by atoms with Crippen molar-refractivity contribution >= 4 is 22.7 Å². The number of rotatable bonds is 4. The molecule has 1 aliphatic rings. The predicted molar refractivity (Wildman–Crippen MR) is 95.0 cm³/mol. The summed E-state index contributed by atoms with van der Waals surface area (Å²) in [6, 6.07) is 20.6. The SMILES string of the molecule is S=C(C(=CN1CCOCC1)c1ccccc1)c1ccccc1. The normalized spacial score (nSPS) is 15.6. The molecule has 1 heterocycles. The molecule has 0 radical (unpaired) electrons. The van der Waals surface area contributed by atoms with Crippen molar-refractivity contribution in [3.63, 3.8) is 0 Å². The number of allylic oxidation sites excluding steroid dienone is 1. The zero-order valence-electron chi connectivity index (χ0n) is 12.4. The van der Waals surface area contributed by atoms with Crippen molar-refractivity contribution in [3.8, 4) is 0 Å². The number of morpholine rings is 1. The van der Waals surface area contributed by atoms with Crippen LogP contribution in [0.5, 0.6) is 0 Å². The van der Waals surface area contributed by atoms with Gasteiger partial charge >= 0.3 is 0 Å². The maximum Gasteiger partial charge on any atom is 0.0642 e. The third kappa shape index (κ3) is 3.62. The van der Waals surface area contributed by atoms with Crippen molar-refractivity contribution in [2.75, 3.05) is 26.3 Å². The monoisotopic (exact) mass is 309 g/mol. The Morgan fingerprint density at radius 3 is 2.00 bits per heavy atom. The Morgan fingerprint density at radius 1 is 0.864 bits per heavy atom. The lowest BCUT2D eigenvalue weighted by Crippen LogP contribution is -2.32. The van der Waals surface area contributed by atoms with Crippen LogP contribution in [0.4, 0.5) is 0 Å². The van der Waals surface area contributed by atoms with Gasteiger partial charge in [-0.1, -0.05) is 72.9 Å². The van der Waals surface area contributed by atoms with Crippen molar-refractivity contribution in [1.82, 2.24) is 4.90 Å². The second kappa shape index (κ2) is 7.34. The van der Waals surface area contributed by atoms with Crippen molar-refractivity contribution in [3.05, 3.63) is 78.0 Å². The summed E-state index contributed by atoms with van der Waals surface area (Å²) in [6.07, 6.45) is 2.19. The molecule has 3 rings (SSSR count). The maximum atomic E-state index is 5.77. The minimum atomic E-state index is 0.774. The average Bonchev–Trinajstić information content (AvgIpc) is 2.61. The second-order valence-corrected chi connectivity index (χ2v) is 5.66. The Bertz CT molecular complexity index is 646. The summed E-state index contributed by atoms with van der Waals surface area (Å²) < 4.78 is 5.43. The van der Waals surface area contributed by atoms with Crippen molar-refractivity contribution in [1.29, 1.82) is 0 Å². The molecule has 2 nitrogen and oxygen atoms in total. The highest BCUT2D eigenvalue weighted by molar-refractivity contribution is 7.81. The molecule has 0 N–H and O–H groups in total. The lowest BCUT2D eigenvalue weighted by Gasteiger charge is -2.26. The van der Waals surface area contributed by atoms with E-state index in [4.69, 9.17) is 17.0 Å². The molecule has 0 unspecified atom stereocenters. The van der Waals surface area contributed by atoms with E-state index in [0.717, 1.165) is 47.9 Å². The van der Waals surface area contributed by atoms with Gasteiger partial charge in [-0.3, -0.25) is 0 Å². The van der Waals surface area contributed by atoms with Crippen LogP contribution in [0.2, 0.25) is 0 Å². The Hall–Kier alpha value is -1.97. The van der Waals surface area contributed by atoms with Gasteiger partial charge in [0, 0.05) is 24.9 Å². The van der Waals surface area contributed by atoms with Gasteiger partial charge in [0.2, 0.25) is 0 Å². The fourth-order valence-corrected chi connectivity index (χ4v) is 2.82. The number of nitrogens with zero attached hydrogens (tertiary/aromatic N) is 1. The average molecular weight is 309 g/mol. The molecular formula is C19H19NOS. The molecule has 1 aliphatic heterocycles. The first-order valence-corrected chi connectivity index (χ1v) is 7.94. The van der Waals surface area contributed by atoms with Gasteiger partial charge in [-0.2, -0.15) is 0 Å². The van der Waals surface area contributed by atoms with Crippen LogP contribution < -0.4 is 0 Å².